The first-order valence-corrected chi connectivity index (χ1v) is 8.02. The summed E-state index contributed by atoms with van der Waals surface area (Å²) in [5.41, 5.74) is 0.910. The van der Waals surface area contributed by atoms with Gasteiger partial charge in [-0.3, -0.25) is 9.59 Å². The van der Waals surface area contributed by atoms with Crippen LogP contribution in [0.25, 0.3) is 0 Å². The summed E-state index contributed by atoms with van der Waals surface area (Å²) in [4.78, 5) is 35.8. The van der Waals surface area contributed by atoms with Gasteiger partial charge in [0.25, 0.3) is 0 Å². The first-order valence-electron chi connectivity index (χ1n) is 8.02. The van der Waals surface area contributed by atoms with Crippen LogP contribution in [0.3, 0.4) is 0 Å². The monoisotopic (exact) mass is 334 g/mol. The predicted molar refractivity (Wildman–Crippen MR) is 91.2 cm³/mol. The Labute approximate surface area is 143 Å². The van der Waals surface area contributed by atoms with Crippen LogP contribution in [0.2, 0.25) is 0 Å². The second-order valence-electron chi connectivity index (χ2n) is 6.16. The van der Waals surface area contributed by atoms with E-state index in [1.807, 2.05) is 44.2 Å². The Morgan fingerprint density at radius 3 is 2.17 bits per heavy atom. The number of nitrogens with one attached hydrogen (secondary N) is 2. The van der Waals surface area contributed by atoms with Gasteiger partial charge in [0.05, 0.1) is 7.11 Å². The van der Waals surface area contributed by atoms with Crippen molar-refractivity contribution in [3.05, 3.63) is 35.9 Å². The summed E-state index contributed by atoms with van der Waals surface area (Å²) in [5, 5.41) is 5.33. The molecule has 6 nitrogen and oxygen atoms in total. The highest BCUT2D eigenvalue weighted by Crippen LogP contribution is 2.08. The number of hydrogen-bond acceptors (Lipinski definition) is 4. The zero-order valence-electron chi connectivity index (χ0n) is 14.7. The molecule has 1 aromatic carbocycles. The fraction of sp³-hybridized carbons (Fsp3) is 0.500. The third-order valence-corrected chi connectivity index (χ3v) is 3.49. The molecule has 0 saturated heterocycles. The van der Waals surface area contributed by atoms with Crippen molar-refractivity contribution in [2.45, 2.75) is 45.7 Å². The Morgan fingerprint density at radius 2 is 1.67 bits per heavy atom. The smallest absolute Gasteiger partial charge is 0.328 e. The van der Waals surface area contributed by atoms with E-state index in [0.717, 1.165) is 5.56 Å². The molecule has 0 aromatic heterocycles. The maximum Gasteiger partial charge on any atom is 0.328 e. The first kappa shape index (κ1) is 19.7. The molecule has 0 heterocycles. The lowest BCUT2D eigenvalue weighted by Gasteiger charge is -2.23. The molecule has 2 atom stereocenters. The van der Waals surface area contributed by atoms with Crippen LogP contribution >= 0.6 is 0 Å². The van der Waals surface area contributed by atoms with E-state index in [0.29, 0.717) is 12.8 Å². The van der Waals surface area contributed by atoms with Crippen LogP contribution in [0, 0.1) is 5.92 Å². The summed E-state index contributed by atoms with van der Waals surface area (Å²) in [6, 6.07) is 7.89. The minimum atomic E-state index is -0.798. The molecule has 2 amide bonds. The zero-order chi connectivity index (χ0) is 18.1. The van der Waals surface area contributed by atoms with Gasteiger partial charge in [-0.15, -0.1) is 0 Å². The molecule has 2 N–H and O–H groups in total. The van der Waals surface area contributed by atoms with E-state index in [-0.39, 0.29) is 17.7 Å². The van der Waals surface area contributed by atoms with Crippen molar-refractivity contribution in [2.24, 2.45) is 5.92 Å². The molecule has 0 spiro atoms. The molecule has 0 bridgehead atoms. The maximum atomic E-state index is 12.5. The minimum absolute atomic E-state index is 0.221. The van der Waals surface area contributed by atoms with Gasteiger partial charge in [-0.25, -0.2) is 4.79 Å². The quantitative estimate of drug-likeness (QED) is 0.705. The summed E-state index contributed by atoms with van der Waals surface area (Å²) in [6.45, 7) is 5.29. The lowest BCUT2D eigenvalue weighted by Crippen LogP contribution is -2.52. The van der Waals surface area contributed by atoms with Gasteiger partial charge in [0.1, 0.15) is 12.1 Å². The summed E-state index contributed by atoms with van der Waals surface area (Å²) in [7, 11) is 1.28. The number of benzene rings is 1. The highest BCUT2D eigenvalue weighted by Gasteiger charge is 2.27. The Balaban J connectivity index is 2.84. The molecule has 0 fully saturated rings. The molecular weight excluding hydrogens is 308 g/mol. The van der Waals surface area contributed by atoms with Crippen molar-refractivity contribution in [2.75, 3.05) is 7.11 Å². The van der Waals surface area contributed by atoms with Gasteiger partial charge in [0, 0.05) is 13.3 Å². The molecule has 0 unspecified atom stereocenters. The fourth-order valence-corrected chi connectivity index (χ4v) is 2.41. The van der Waals surface area contributed by atoms with Gasteiger partial charge >= 0.3 is 5.97 Å². The van der Waals surface area contributed by atoms with Crippen molar-refractivity contribution < 1.29 is 19.1 Å². The van der Waals surface area contributed by atoms with E-state index < -0.39 is 18.1 Å². The van der Waals surface area contributed by atoms with Crippen LogP contribution in [-0.4, -0.2) is 37.0 Å². The largest absolute Gasteiger partial charge is 0.467 e. The van der Waals surface area contributed by atoms with Gasteiger partial charge in [0.2, 0.25) is 11.8 Å². The molecule has 0 saturated carbocycles. The summed E-state index contributed by atoms with van der Waals surface area (Å²) >= 11 is 0. The van der Waals surface area contributed by atoms with Crippen molar-refractivity contribution in [3.63, 3.8) is 0 Å². The first-order chi connectivity index (χ1) is 11.3. The van der Waals surface area contributed by atoms with Gasteiger partial charge in [-0.05, 0) is 17.9 Å². The Kier molecular flexibility index (Phi) is 7.95. The average Bonchev–Trinajstić information content (AvgIpc) is 2.52. The molecule has 24 heavy (non-hydrogen) atoms. The van der Waals surface area contributed by atoms with Crippen molar-refractivity contribution >= 4 is 17.8 Å². The third-order valence-electron chi connectivity index (χ3n) is 3.49. The molecule has 0 aliphatic heterocycles. The van der Waals surface area contributed by atoms with E-state index in [2.05, 4.69) is 10.6 Å². The van der Waals surface area contributed by atoms with E-state index in [9.17, 15) is 14.4 Å². The maximum absolute atomic E-state index is 12.5. The SMILES string of the molecule is COC(=O)[C@H](Cc1ccccc1)NC(=O)[C@H](CC(C)C)NC(C)=O. The number of methoxy groups -OCH3 is 1. The molecule has 6 heteroatoms. The highest BCUT2D eigenvalue weighted by atomic mass is 16.5. The second kappa shape index (κ2) is 9.70. The van der Waals surface area contributed by atoms with Crippen LogP contribution in [-0.2, 0) is 25.5 Å². The summed E-state index contributed by atoms with van der Waals surface area (Å²) in [5.74, 6) is -0.963. The Hall–Kier alpha value is -2.37. The molecule has 1 rings (SSSR count). The standard InChI is InChI=1S/C18H26N2O4/c1-12(2)10-15(19-13(3)21)17(22)20-16(18(23)24-4)11-14-8-6-5-7-9-14/h5-9,12,15-16H,10-11H2,1-4H3,(H,19,21)(H,20,22)/t15-,16-/m0/s1. The van der Waals surface area contributed by atoms with Crippen LogP contribution in [0.15, 0.2) is 30.3 Å². The molecular formula is C18H26N2O4. The number of amides is 2. The van der Waals surface area contributed by atoms with Gasteiger partial charge in [-0.2, -0.15) is 0 Å². The van der Waals surface area contributed by atoms with E-state index >= 15 is 0 Å². The third kappa shape index (κ3) is 6.81. The summed E-state index contributed by atoms with van der Waals surface area (Å²) < 4.78 is 4.79. The molecule has 0 aliphatic rings. The van der Waals surface area contributed by atoms with Crippen LogP contribution < -0.4 is 10.6 Å². The van der Waals surface area contributed by atoms with Crippen molar-refractivity contribution in [3.8, 4) is 0 Å². The number of hydrogen-bond donors (Lipinski definition) is 2. The predicted octanol–water partition coefficient (Wildman–Crippen LogP) is 1.44. The Morgan fingerprint density at radius 1 is 1.04 bits per heavy atom. The van der Waals surface area contributed by atoms with Crippen LogP contribution in [0.1, 0.15) is 32.8 Å². The normalized spacial score (nSPS) is 13.0. The van der Waals surface area contributed by atoms with Crippen molar-refractivity contribution in [1.29, 1.82) is 0 Å². The molecule has 0 radical (unpaired) electrons. The Bertz CT molecular complexity index is 557. The van der Waals surface area contributed by atoms with Gasteiger partial charge < -0.3 is 15.4 Å². The lowest BCUT2D eigenvalue weighted by molar-refractivity contribution is -0.145. The molecule has 1 aromatic rings. The van der Waals surface area contributed by atoms with Crippen LogP contribution in [0.4, 0.5) is 0 Å². The number of esters is 1. The molecule has 132 valence electrons. The van der Waals surface area contributed by atoms with E-state index in [1.165, 1.54) is 14.0 Å². The second-order valence-corrected chi connectivity index (χ2v) is 6.16. The minimum Gasteiger partial charge on any atom is -0.467 e. The van der Waals surface area contributed by atoms with Gasteiger partial charge in [-0.1, -0.05) is 44.2 Å². The average molecular weight is 334 g/mol. The number of rotatable bonds is 8. The van der Waals surface area contributed by atoms with E-state index in [1.54, 1.807) is 0 Å². The number of carbonyl (C=O) groups is 3. The van der Waals surface area contributed by atoms with Crippen LogP contribution in [0.5, 0.6) is 0 Å². The number of carbonyl (C=O) groups excluding carboxylic acids is 3. The van der Waals surface area contributed by atoms with Crippen molar-refractivity contribution in [1.82, 2.24) is 10.6 Å². The van der Waals surface area contributed by atoms with Gasteiger partial charge in [0.15, 0.2) is 0 Å². The molecule has 0 aliphatic carbocycles. The zero-order valence-corrected chi connectivity index (χ0v) is 14.7. The number of ether oxygens (including phenoxy) is 1. The topological polar surface area (TPSA) is 84.5 Å². The summed E-state index contributed by atoms with van der Waals surface area (Å²) in [6.07, 6.45) is 0.818. The lowest BCUT2D eigenvalue weighted by atomic mass is 10.0. The fourth-order valence-electron chi connectivity index (χ4n) is 2.41. The van der Waals surface area contributed by atoms with E-state index in [4.69, 9.17) is 4.74 Å². The highest BCUT2D eigenvalue weighted by molar-refractivity contribution is 5.90.